The van der Waals surface area contributed by atoms with Crippen molar-refractivity contribution in [2.24, 2.45) is 29.2 Å². The number of nitriles is 2. The molecular weight excluding hydrogens is 321 g/mol. The molecule has 0 unspecified atom stereocenters. The van der Waals surface area contributed by atoms with Gasteiger partial charge in [0.1, 0.15) is 0 Å². The number of hydrogen-bond acceptors (Lipinski definition) is 5. The second kappa shape index (κ2) is 9.69. The molecule has 5 nitrogen and oxygen atoms in total. The van der Waals surface area contributed by atoms with Crippen molar-refractivity contribution in [2.75, 3.05) is 0 Å². The van der Waals surface area contributed by atoms with Crippen LogP contribution in [-0.2, 0) is 9.05 Å². The van der Waals surface area contributed by atoms with Crippen LogP contribution < -0.4 is 5.50 Å². The summed E-state index contributed by atoms with van der Waals surface area (Å²) in [4.78, 5) is 0. The molecule has 0 aliphatic carbocycles. The molecule has 0 heterocycles. The van der Waals surface area contributed by atoms with E-state index in [0.29, 0.717) is 0 Å². The van der Waals surface area contributed by atoms with Crippen LogP contribution in [0.3, 0.4) is 0 Å². The summed E-state index contributed by atoms with van der Waals surface area (Å²) in [6, 6.07) is 4.46. The van der Waals surface area contributed by atoms with Crippen molar-refractivity contribution >= 4 is 8.53 Å². The highest BCUT2D eigenvalue weighted by molar-refractivity contribution is 7.44. The Kier molecular flexibility index (Phi) is 9.40. The van der Waals surface area contributed by atoms with Crippen molar-refractivity contribution in [3.8, 4) is 12.1 Å². The molecule has 0 spiro atoms. The highest BCUT2D eigenvalue weighted by Gasteiger charge is 2.45. The Bertz CT molecular complexity index is 406. The van der Waals surface area contributed by atoms with Gasteiger partial charge in [0.05, 0.1) is 36.2 Å². The maximum absolute atomic E-state index is 9.26. The molecule has 0 radical (unpaired) electrons. The molecule has 138 valence electrons. The SMILES string of the molecule is CC(C)C(CC#N)(OP(N)OC(CC#N)(C(C)C)C(C)C)C(C)C. The van der Waals surface area contributed by atoms with Gasteiger partial charge in [-0.15, -0.1) is 0 Å². The number of nitrogens with two attached hydrogens (primary N) is 1. The maximum Gasteiger partial charge on any atom is 0.254 e. The summed E-state index contributed by atoms with van der Waals surface area (Å²) < 4.78 is 12.4. The summed E-state index contributed by atoms with van der Waals surface area (Å²) in [6.07, 6.45) is 0.521. The minimum atomic E-state index is -1.71. The minimum absolute atomic E-state index is 0.123. The largest absolute Gasteiger partial charge is 0.314 e. The molecular formula is C18H34N3O2P. The third-order valence-electron chi connectivity index (χ3n) is 5.14. The second-order valence-corrected chi connectivity index (χ2v) is 8.60. The van der Waals surface area contributed by atoms with Crippen LogP contribution in [0.5, 0.6) is 0 Å². The normalized spacial score (nSPS) is 13.2. The van der Waals surface area contributed by atoms with Crippen LogP contribution in [0, 0.1) is 46.3 Å². The predicted octanol–water partition coefficient (Wildman–Crippen LogP) is 5.13. The van der Waals surface area contributed by atoms with Gasteiger partial charge in [0.25, 0.3) is 8.53 Å². The smallest absolute Gasteiger partial charge is 0.254 e. The van der Waals surface area contributed by atoms with Crippen molar-refractivity contribution in [2.45, 2.75) is 79.4 Å². The molecule has 6 heteroatoms. The summed E-state index contributed by atoms with van der Waals surface area (Å²) in [7, 11) is -1.71. The molecule has 0 fully saturated rings. The van der Waals surface area contributed by atoms with Gasteiger partial charge in [0.15, 0.2) is 0 Å². The monoisotopic (exact) mass is 355 g/mol. The zero-order valence-corrected chi connectivity index (χ0v) is 17.4. The van der Waals surface area contributed by atoms with Gasteiger partial charge in [0.2, 0.25) is 0 Å². The van der Waals surface area contributed by atoms with E-state index in [4.69, 9.17) is 14.6 Å². The van der Waals surface area contributed by atoms with E-state index in [1.807, 2.05) is 55.4 Å². The van der Waals surface area contributed by atoms with Gasteiger partial charge >= 0.3 is 0 Å². The fraction of sp³-hybridized carbons (Fsp3) is 0.889. The van der Waals surface area contributed by atoms with Gasteiger partial charge in [-0.1, -0.05) is 55.4 Å². The van der Waals surface area contributed by atoms with Gasteiger partial charge in [-0.2, -0.15) is 10.5 Å². The van der Waals surface area contributed by atoms with Gasteiger partial charge < -0.3 is 9.05 Å². The molecule has 0 aliphatic heterocycles. The second-order valence-electron chi connectivity index (χ2n) is 7.67. The zero-order valence-electron chi connectivity index (χ0n) is 16.5. The lowest BCUT2D eigenvalue weighted by molar-refractivity contribution is -0.0595. The maximum atomic E-state index is 9.26. The standard InChI is InChI=1S/C18H34N3O2P/c1-13(2)17(9-11-19,14(3)4)22-24(21)23-18(10-12-20,15(5)6)16(7)8/h13-16H,9-10,21H2,1-8H3. The van der Waals surface area contributed by atoms with Crippen LogP contribution in [0.15, 0.2) is 0 Å². The Morgan fingerprint density at radius 3 is 1.17 bits per heavy atom. The van der Waals surface area contributed by atoms with E-state index >= 15 is 0 Å². The van der Waals surface area contributed by atoms with Gasteiger partial charge in [-0.05, 0) is 23.7 Å². The van der Waals surface area contributed by atoms with Gasteiger partial charge in [-0.3, -0.25) is 5.50 Å². The molecule has 2 N–H and O–H groups in total. The predicted molar refractivity (Wildman–Crippen MR) is 98.6 cm³/mol. The Morgan fingerprint density at radius 1 is 0.750 bits per heavy atom. The molecule has 0 aliphatic rings. The summed E-state index contributed by atoms with van der Waals surface area (Å²) >= 11 is 0. The van der Waals surface area contributed by atoms with Crippen LogP contribution in [0.2, 0.25) is 0 Å². The average Bonchev–Trinajstić information content (AvgIpc) is 2.44. The molecule has 0 aromatic carbocycles. The van der Waals surface area contributed by atoms with Gasteiger partial charge in [0, 0.05) is 0 Å². The number of rotatable bonds is 10. The first-order valence-electron chi connectivity index (χ1n) is 8.67. The summed E-state index contributed by atoms with van der Waals surface area (Å²) in [5.41, 5.74) is 4.96. The Balaban J connectivity index is 5.56. The van der Waals surface area contributed by atoms with Crippen LogP contribution in [-0.4, -0.2) is 11.2 Å². The van der Waals surface area contributed by atoms with Crippen LogP contribution in [0.4, 0.5) is 0 Å². The third kappa shape index (κ3) is 5.14. The minimum Gasteiger partial charge on any atom is -0.314 e. The van der Waals surface area contributed by atoms with E-state index < -0.39 is 19.7 Å². The third-order valence-corrected chi connectivity index (χ3v) is 6.18. The van der Waals surface area contributed by atoms with Gasteiger partial charge in [-0.25, -0.2) is 0 Å². The summed E-state index contributed by atoms with van der Waals surface area (Å²) in [5.74, 6) is 0.492. The van der Waals surface area contributed by atoms with E-state index in [1.165, 1.54) is 0 Å². The molecule has 0 aromatic heterocycles. The Morgan fingerprint density at radius 2 is 1.00 bits per heavy atom. The fourth-order valence-corrected chi connectivity index (χ4v) is 4.92. The van der Waals surface area contributed by atoms with Crippen molar-refractivity contribution in [1.82, 2.24) is 0 Å². The molecule has 0 saturated heterocycles. The van der Waals surface area contributed by atoms with E-state index in [-0.39, 0.29) is 36.5 Å². The van der Waals surface area contributed by atoms with E-state index in [9.17, 15) is 10.5 Å². The summed E-state index contributed by atoms with van der Waals surface area (Å²) in [6.45, 7) is 16.3. The molecule has 0 aromatic rings. The molecule has 0 atom stereocenters. The summed E-state index contributed by atoms with van der Waals surface area (Å²) in [5, 5.41) is 18.5. The fourth-order valence-electron chi connectivity index (χ4n) is 3.24. The highest BCUT2D eigenvalue weighted by atomic mass is 31.2. The first kappa shape index (κ1) is 23.3. The zero-order chi connectivity index (χ0) is 19.1. The molecule has 24 heavy (non-hydrogen) atoms. The lowest BCUT2D eigenvalue weighted by Crippen LogP contribution is -2.46. The first-order chi connectivity index (χ1) is 11.0. The molecule has 0 amide bonds. The van der Waals surface area contributed by atoms with Crippen LogP contribution in [0.25, 0.3) is 0 Å². The molecule has 0 saturated carbocycles. The van der Waals surface area contributed by atoms with E-state index in [0.717, 1.165) is 0 Å². The van der Waals surface area contributed by atoms with Crippen molar-refractivity contribution in [1.29, 1.82) is 10.5 Å². The lowest BCUT2D eigenvalue weighted by atomic mass is 9.78. The number of hydrogen-bond donors (Lipinski definition) is 1. The lowest BCUT2D eigenvalue weighted by Gasteiger charge is -2.45. The Labute approximate surface area is 149 Å². The number of nitrogens with zero attached hydrogens (tertiary/aromatic N) is 2. The van der Waals surface area contributed by atoms with Crippen LogP contribution >= 0.6 is 8.53 Å². The highest BCUT2D eigenvalue weighted by Crippen LogP contribution is 2.50. The van der Waals surface area contributed by atoms with Crippen molar-refractivity contribution < 1.29 is 9.05 Å². The average molecular weight is 355 g/mol. The van der Waals surface area contributed by atoms with E-state index in [2.05, 4.69) is 12.1 Å². The molecule has 0 rings (SSSR count). The first-order valence-corrected chi connectivity index (χ1v) is 9.91. The van der Waals surface area contributed by atoms with Crippen molar-refractivity contribution in [3.63, 3.8) is 0 Å². The quantitative estimate of drug-likeness (QED) is 0.548. The Hall–Kier alpha value is -0.710. The van der Waals surface area contributed by atoms with Crippen LogP contribution in [0.1, 0.15) is 68.2 Å². The topological polar surface area (TPSA) is 92.1 Å². The van der Waals surface area contributed by atoms with Crippen molar-refractivity contribution in [3.05, 3.63) is 0 Å². The van der Waals surface area contributed by atoms with E-state index in [1.54, 1.807) is 0 Å². The molecule has 0 bridgehead atoms.